The molecule has 0 saturated carbocycles. The van der Waals surface area contributed by atoms with Gasteiger partial charge in [-0.15, -0.1) is 0 Å². The minimum absolute atomic E-state index is 0.173. The lowest BCUT2D eigenvalue weighted by Crippen LogP contribution is -1.97. The lowest BCUT2D eigenvalue weighted by molar-refractivity contribution is -0.137. The largest absolute Gasteiger partial charge is 0.508 e. The zero-order valence-corrected chi connectivity index (χ0v) is 9.73. The van der Waals surface area contributed by atoms with Gasteiger partial charge in [-0.05, 0) is 42.0 Å². The number of hydrogen-bond acceptors (Lipinski definition) is 2. The Bertz CT molecular complexity index is 369. The van der Waals surface area contributed by atoms with Crippen LogP contribution in [0.4, 0.5) is 0 Å². The lowest BCUT2D eigenvalue weighted by Gasteiger charge is -2.09. The highest BCUT2D eigenvalue weighted by atomic mass is 16.4. The summed E-state index contributed by atoms with van der Waals surface area (Å²) in [6, 6.07) is 5.49. The van der Waals surface area contributed by atoms with E-state index in [9.17, 15) is 9.90 Å². The van der Waals surface area contributed by atoms with Crippen LogP contribution in [0.15, 0.2) is 18.2 Å². The number of hydrogen-bond donors (Lipinski definition) is 2. The second-order valence-electron chi connectivity index (χ2n) is 4.33. The molecule has 88 valence electrons. The monoisotopic (exact) mass is 222 g/mol. The number of aromatic hydroxyl groups is 1. The van der Waals surface area contributed by atoms with E-state index in [2.05, 4.69) is 13.8 Å². The van der Waals surface area contributed by atoms with Gasteiger partial charge in [-0.2, -0.15) is 0 Å². The van der Waals surface area contributed by atoms with Gasteiger partial charge < -0.3 is 10.2 Å². The Morgan fingerprint density at radius 1 is 1.31 bits per heavy atom. The second-order valence-corrected chi connectivity index (χ2v) is 4.33. The molecule has 0 aliphatic carbocycles. The number of carboxylic acid groups (broad SMARTS) is 1. The predicted octanol–water partition coefficient (Wildman–Crippen LogP) is 2.92. The van der Waals surface area contributed by atoms with Crippen LogP contribution < -0.4 is 0 Å². The fourth-order valence-corrected chi connectivity index (χ4v) is 1.62. The minimum atomic E-state index is -0.774. The molecular weight excluding hydrogens is 204 g/mol. The van der Waals surface area contributed by atoms with Gasteiger partial charge >= 0.3 is 5.97 Å². The van der Waals surface area contributed by atoms with Gasteiger partial charge in [0.25, 0.3) is 0 Å². The van der Waals surface area contributed by atoms with Crippen molar-refractivity contribution in [2.24, 2.45) is 0 Å². The third-order valence-electron chi connectivity index (χ3n) is 2.52. The first kappa shape index (κ1) is 12.6. The molecule has 1 aromatic carbocycles. The Hall–Kier alpha value is -1.51. The molecule has 0 saturated heterocycles. The molecule has 0 heterocycles. The van der Waals surface area contributed by atoms with Crippen LogP contribution >= 0.6 is 0 Å². The number of aliphatic carboxylic acids is 1. The van der Waals surface area contributed by atoms with Crippen LogP contribution in [-0.4, -0.2) is 16.2 Å². The summed E-state index contributed by atoms with van der Waals surface area (Å²) >= 11 is 0. The van der Waals surface area contributed by atoms with Crippen LogP contribution in [0.2, 0.25) is 0 Å². The van der Waals surface area contributed by atoms with Gasteiger partial charge in [0.05, 0.1) is 0 Å². The van der Waals surface area contributed by atoms with Crippen molar-refractivity contribution in [2.75, 3.05) is 0 Å². The Balaban J connectivity index is 2.69. The summed E-state index contributed by atoms with van der Waals surface area (Å²) in [4.78, 5) is 10.4. The van der Waals surface area contributed by atoms with Crippen LogP contribution in [0.3, 0.4) is 0 Å². The van der Waals surface area contributed by atoms with Gasteiger partial charge in [-0.3, -0.25) is 4.79 Å². The summed E-state index contributed by atoms with van der Waals surface area (Å²) in [5, 5.41) is 18.1. The first-order valence-corrected chi connectivity index (χ1v) is 5.53. The summed E-state index contributed by atoms with van der Waals surface area (Å²) in [6.07, 6.45) is 1.48. The zero-order valence-electron chi connectivity index (χ0n) is 9.73. The molecule has 0 aliphatic heterocycles. The molecule has 0 aromatic heterocycles. The van der Waals surface area contributed by atoms with Crippen molar-refractivity contribution in [3.63, 3.8) is 0 Å². The highest BCUT2D eigenvalue weighted by Gasteiger charge is 2.05. The highest BCUT2D eigenvalue weighted by Crippen LogP contribution is 2.23. The molecule has 2 N–H and O–H groups in total. The normalized spacial score (nSPS) is 10.7. The van der Waals surface area contributed by atoms with Gasteiger partial charge in [0, 0.05) is 6.42 Å². The van der Waals surface area contributed by atoms with E-state index in [1.165, 1.54) is 0 Å². The van der Waals surface area contributed by atoms with Crippen molar-refractivity contribution in [3.05, 3.63) is 29.3 Å². The van der Waals surface area contributed by atoms with E-state index < -0.39 is 5.97 Å². The molecule has 1 rings (SSSR count). The molecule has 1 aromatic rings. The van der Waals surface area contributed by atoms with Crippen LogP contribution in [0.5, 0.6) is 5.75 Å². The standard InChI is InChI=1S/C13H18O3/c1-9(2)11-6-10(7-12(14)8-11)4-3-5-13(15)16/h6-9,14H,3-5H2,1-2H3,(H,15,16). The molecular formula is C13H18O3. The summed E-state index contributed by atoms with van der Waals surface area (Å²) in [5.74, 6) is -0.147. The van der Waals surface area contributed by atoms with Crippen LogP contribution in [-0.2, 0) is 11.2 Å². The highest BCUT2D eigenvalue weighted by molar-refractivity contribution is 5.66. The molecule has 0 aliphatic rings. The van der Waals surface area contributed by atoms with E-state index in [0.29, 0.717) is 18.8 Å². The molecule has 0 spiro atoms. The van der Waals surface area contributed by atoms with Crippen molar-refractivity contribution in [3.8, 4) is 5.75 Å². The maximum atomic E-state index is 10.4. The third kappa shape index (κ3) is 3.93. The maximum absolute atomic E-state index is 10.4. The quantitative estimate of drug-likeness (QED) is 0.805. The number of carbonyl (C=O) groups is 1. The average molecular weight is 222 g/mol. The van der Waals surface area contributed by atoms with E-state index in [-0.39, 0.29) is 12.2 Å². The Morgan fingerprint density at radius 3 is 2.56 bits per heavy atom. The maximum Gasteiger partial charge on any atom is 0.303 e. The third-order valence-corrected chi connectivity index (χ3v) is 2.52. The molecule has 0 bridgehead atoms. The van der Waals surface area contributed by atoms with Gasteiger partial charge in [0.2, 0.25) is 0 Å². The van der Waals surface area contributed by atoms with Crippen molar-refractivity contribution in [2.45, 2.75) is 39.0 Å². The van der Waals surface area contributed by atoms with E-state index in [1.807, 2.05) is 6.07 Å². The average Bonchev–Trinajstić information content (AvgIpc) is 2.16. The SMILES string of the molecule is CC(C)c1cc(O)cc(CCCC(=O)O)c1. The fourth-order valence-electron chi connectivity index (χ4n) is 1.62. The summed E-state index contributed by atoms with van der Waals surface area (Å²) in [5.41, 5.74) is 2.09. The summed E-state index contributed by atoms with van der Waals surface area (Å²) in [7, 11) is 0. The van der Waals surface area contributed by atoms with E-state index in [4.69, 9.17) is 5.11 Å². The van der Waals surface area contributed by atoms with Crippen LogP contribution in [0.25, 0.3) is 0 Å². The Morgan fingerprint density at radius 2 is 2.00 bits per heavy atom. The molecule has 3 nitrogen and oxygen atoms in total. The molecule has 0 unspecified atom stereocenters. The van der Waals surface area contributed by atoms with Crippen LogP contribution in [0.1, 0.15) is 43.7 Å². The lowest BCUT2D eigenvalue weighted by atomic mass is 9.98. The molecule has 3 heteroatoms. The number of carboxylic acids is 1. The number of phenols is 1. The second kappa shape index (κ2) is 5.54. The zero-order chi connectivity index (χ0) is 12.1. The molecule has 0 radical (unpaired) electrons. The molecule has 0 amide bonds. The van der Waals surface area contributed by atoms with Crippen molar-refractivity contribution in [1.82, 2.24) is 0 Å². The number of benzene rings is 1. The number of aryl methyl sites for hydroxylation is 1. The van der Waals surface area contributed by atoms with Gasteiger partial charge in [-0.1, -0.05) is 19.9 Å². The van der Waals surface area contributed by atoms with Crippen molar-refractivity contribution in [1.29, 1.82) is 0 Å². The molecule has 16 heavy (non-hydrogen) atoms. The summed E-state index contributed by atoms with van der Waals surface area (Å²) in [6.45, 7) is 4.13. The number of phenolic OH excluding ortho intramolecular Hbond substituents is 1. The summed E-state index contributed by atoms with van der Waals surface area (Å²) < 4.78 is 0. The van der Waals surface area contributed by atoms with Gasteiger partial charge in [0.1, 0.15) is 5.75 Å². The van der Waals surface area contributed by atoms with E-state index in [1.54, 1.807) is 12.1 Å². The topological polar surface area (TPSA) is 57.5 Å². The van der Waals surface area contributed by atoms with Gasteiger partial charge in [0.15, 0.2) is 0 Å². The Labute approximate surface area is 95.7 Å². The van der Waals surface area contributed by atoms with Crippen molar-refractivity contribution < 1.29 is 15.0 Å². The smallest absolute Gasteiger partial charge is 0.303 e. The first-order chi connectivity index (χ1) is 7.49. The van der Waals surface area contributed by atoms with E-state index >= 15 is 0 Å². The minimum Gasteiger partial charge on any atom is -0.508 e. The molecule has 0 atom stereocenters. The molecule has 0 fully saturated rings. The van der Waals surface area contributed by atoms with Crippen molar-refractivity contribution >= 4 is 5.97 Å². The van der Waals surface area contributed by atoms with Gasteiger partial charge in [-0.25, -0.2) is 0 Å². The van der Waals surface area contributed by atoms with E-state index in [0.717, 1.165) is 11.1 Å². The Kier molecular flexibility index (Phi) is 4.35. The fraction of sp³-hybridized carbons (Fsp3) is 0.462. The van der Waals surface area contributed by atoms with Crippen LogP contribution in [0, 0.1) is 0 Å². The predicted molar refractivity (Wildman–Crippen MR) is 62.8 cm³/mol. The first-order valence-electron chi connectivity index (χ1n) is 5.53. The number of rotatable bonds is 5.